The van der Waals surface area contributed by atoms with Crippen LogP contribution in [0.4, 0.5) is 11.4 Å². The molecule has 1 aromatic heterocycles. The van der Waals surface area contributed by atoms with Crippen LogP contribution in [0.3, 0.4) is 0 Å². The normalized spacial score (nSPS) is 12.2. The highest BCUT2D eigenvalue weighted by molar-refractivity contribution is 5.64. The van der Waals surface area contributed by atoms with Gasteiger partial charge in [-0.15, -0.1) is 0 Å². The van der Waals surface area contributed by atoms with E-state index in [-0.39, 0.29) is 0 Å². The van der Waals surface area contributed by atoms with Crippen molar-refractivity contribution in [2.24, 2.45) is 0 Å². The van der Waals surface area contributed by atoms with Crippen LogP contribution in [-0.2, 0) is 0 Å². The van der Waals surface area contributed by atoms with Gasteiger partial charge in [0.15, 0.2) is 0 Å². The Morgan fingerprint density at radius 3 is 2.50 bits per heavy atom. The van der Waals surface area contributed by atoms with Gasteiger partial charge in [0.05, 0.1) is 17.6 Å². The molecule has 1 heterocycles. The Morgan fingerprint density at radius 1 is 1.20 bits per heavy atom. The topological polar surface area (TPSA) is 28.2 Å². The first-order valence-corrected chi connectivity index (χ1v) is 7.10. The van der Waals surface area contributed by atoms with E-state index in [1.807, 2.05) is 13.2 Å². The van der Waals surface area contributed by atoms with Gasteiger partial charge in [-0.05, 0) is 44.2 Å². The smallest absolute Gasteiger partial charge is 0.0594 e. The average Bonchev–Trinajstić information content (AvgIpc) is 2.49. The lowest BCUT2D eigenvalue weighted by Gasteiger charge is -2.22. The van der Waals surface area contributed by atoms with Crippen LogP contribution < -0.4 is 10.2 Å². The van der Waals surface area contributed by atoms with Crippen molar-refractivity contribution in [3.63, 3.8) is 0 Å². The summed E-state index contributed by atoms with van der Waals surface area (Å²) in [6.07, 6.45) is 2.98. The SMILES string of the molecule is CCC(NC)c1ccc(N(C)c2ccccc2C)cn1. The van der Waals surface area contributed by atoms with Crippen LogP contribution in [0.25, 0.3) is 0 Å². The molecule has 2 rings (SSSR count). The summed E-state index contributed by atoms with van der Waals surface area (Å²) in [4.78, 5) is 6.77. The first-order valence-electron chi connectivity index (χ1n) is 7.10. The monoisotopic (exact) mass is 269 g/mol. The van der Waals surface area contributed by atoms with Crippen LogP contribution >= 0.6 is 0 Å². The summed E-state index contributed by atoms with van der Waals surface area (Å²) in [7, 11) is 4.05. The average molecular weight is 269 g/mol. The van der Waals surface area contributed by atoms with Crippen molar-refractivity contribution >= 4 is 11.4 Å². The van der Waals surface area contributed by atoms with Crippen LogP contribution in [0, 0.1) is 6.92 Å². The maximum Gasteiger partial charge on any atom is 0.0594 e. The van der Waals surface area contributed by atoms with Gasteiger partial charge in [0.2, 0.25) is 0 Å². The van der Waals surface area contributed by atoms with Gasteiger partial charge < -0.3 is 10.2 Å². The summed E-state index contributed by atoms with van der Waals surface area (Å²) in [6, 6.07) is 13.0. The number of aryl methyl sites for hydroxylation is 1. The molecule has 1 unspecified atom stereocenters. The predicted molar refractivity (Wildman–Crippen MR) is 85.6 cm³/mol. The van der Waals surface area contributed by atoms with Gasteiger partial charge >= 0.3 is 0 Å². The zero-order chi connectivity index (χ0) is 14.5. The number of para-hydroxylation sites is 1. The van der Waals surface area contributed by atoms with Gasteiger partial charge in [-0.2, -0.15) is 0 Å². The third-order valence-corrected chi connectivity index (χ3v) is 3.75. The highest BCUT2D eigenvalue weighted by Crippen LogP contribution is 2.26. The van der Waals surface area contributed by atoms with Crippen LogP contribution in [-0.4, -0.2) is 19.1 Å². The standard InChI is InChI=1S/C17H23N3/c1-5-15(18-3)16-11-10-14(12-19-16)20(4)17-9-7-6-8-13(17)2/h6-12,15,18H,5H2,1-4H3. The van der Waals surface area contributed by atoms with Gasteiger partial charge in [-0.3, -0.25) is 4.98 Å². The summed E-state index contributed by atoms with van der Waals surface area (Å²) < 4.78 is 0. The summed E-state index contributed by atoms with van der Waals surface area (Å²) in [5.74, 6) is 0. The largest absolute Gasteiger partial charge is 0.343 e. The van der Waals surface area contributed by atoms with Crippen molar-refractivity contribution in [1.82, 2.24) is 10.3 Å². The molecule has 0 fully saturated rings. The molecule has 0 spiro atoms. The fourth-order valence-corrected chi connectivity index (χ4v) is 2.44. The Morgan fingerprint density at radius 2 is 1.95 bits per heavy atom. The number of pyridine rings is 1. The van der Waals surface area contributed by atoms with Crippen molar-refractivity contribution in [1.29, 1.82) is 0 Å². The van der Waals surface area contributed by atoms with E-state index in [4.69, 9.17) is 0 Å². The molecule has 0 saturated heterocycles. The summed E-state index contributed by atoms with van der Waals surface area (Å²) in [5.41, 5.74) is 4.68. The molecule has 0 amide bonds. The Kier molecular flexibility index (Phi) is 4.74. The molecule has 0 bridgehead atoms. The minimum absolute atomic E-state index is 0.327. The third-order valence-electron chi connectivity index (χ3n) is 3.75. The first kappa shape index (κ1) is 14.5. The van der Waals surface area contributed by atoms with Crippen molar-refractivity contribution in [3.8, 4) is 0 Å². The number of aromatic nitrogens is 1. The minimum Gasteiger partial charge on any atom is -0.343 e. The third kappa shape index (κ3) is 2.99. The van der Waals surface area contributed by atoms with E-state index >= 15 is 0 Å². The zero-order valence-electron chi connectivity index (χ0n) is 12.7. The maximum absolute atomic E-state index is 4.59. The minimum atomic E-state index is 0.327. The lowest BCUT2D eigenvalue weighted by Crippen LogP contribution is -2.17. The molecule has 3 heteroatoms. The van der Waals surface area contributed by atoms with Crippen LogP contribution in [0.5, 0.6) is 0 Å². The molecular weight excluding hydrogens is 246 g/mol. The van der Waals surface area contributed by atoms with E-state index in [1.165, 1.54) is 11.3 Å². The second-order valence-electron chi connectivity index (χ2n) is 5.04. The van der Waals surface area contributed by atoms with Crippen LogP contribution in [0.2, 0.25) is 0 Å². The van der Waals surface area contributed by atoms with E-state index in [2.05, 4.69) is 72.5 Å². The molecule has 106 valence electrons. The number of benzene rings is 1. The van der Waals surface area contributed by atoms with Crippen molar-refractivity contribution in [2.45, 2.75) is 26.3 Å². The zero-order valence-corrected chi connectivity index (χ0v) is 12.7. The van der Waals surface area contributed by atoms with Gasteiger partial charge in [0, 0.05) is 18.8 Å². The number of hydrogen-bond donors (Lipinski definition) is 1. The van der Waals surface area contributed by atoms with Crippen molar-refractivity contribution in [2.75, 3.05) is 19.0 Å². The molecule has 0 radical (unpaired) electrons. The number of nitrogens with one attached hydrogen (secondary N) is 1. The number of hydrogen-bond acceptors (Lipinski definition) is 3. The second kappa shape index (κ2) is 6.53. The molecule has 3 nitrogen and oxygen atoms in total. The highest BCUT2D eigenvalue weighted by Gasteiger charge is 2.10. The van der Waals surface area contributed by atoms with E-state index in [9.17, 15) is 0 Å². The molecule has 2 aromatic rings. The fourth-order valence-electron chi connectivity index (χ4n) is 2.44. The van der Waals surface area contributed by atoms with Gasteiger partial charge in [-0.1, -0.05) is 25.1 Å². The Bertz CT molecular complexity index is 544. The first-order chi connectivity index (χ1) is 9.67. The molecule has 0 aliphatic heterocycles. The van der Waals surface area contributed by atoms with Crippen LogP contribution in [0.15, 0.2) is 42.6 Å². The highest BCUT2D eigenvalue weighted by atomic mass is 15.1. The summed E-state index contributed by atoms with van der Waals surface area (Å²) in [5, 5.41) is 3.28. The Balaban J connectivity index is 2.24. The quantitative estimate of drug-likeness (QED) is 0.894. The predicted octanol–water partition coefficient (Wildman–Crippen LogP) is 3.83. The number of nitrogens with zero attached hydrogens (tertiary/aromatic N) is 2. The van der Waals surface area contributed by atoms with Gasteiger partial charge in [0.25, 0.3) is 0 Å². The molecule has 1 N–H and O–H groups in total. The fraction of sp³-hybridized carbons (Fsp3) is 0.353. The molecular formula is C17H23N3. The molecule has 0 aliphatic carbocycles. The lowest BCUT2D eigenvalue weighted by molar-refractivity contribution is 0.562. The van der Waals surface area contributed by atoms with Gasteiger partial charge in [0.1, 0.15) is 0 Å². The van der Waals surface area contributed by atoms with E-state index in [0.29, 0.717) is 6.04 Å². The lowest BCUT2D eigenvalue weighted by atomic mass is 10.1. The molecule has 1 aromatic carbocycles. The van der Waals surface area contributed by atoms with E-state index < -0.39 is 0 Å². The van der Waals surface area contributed by atoms with Crippen LogP contribution in [0.1, 0.15) is 30.6 Å². The Hall–Kier alpha value is -1.87. The second-order valence-corrected chi connectivity index (χ2v) is 5.04. The maximum atomic E-state index is 4.59. The van der Waals surface area contributed by atoms with E-state index in [1.54, 1.807) is 0 Å². The molecule has 1 atom stereocenters. The van der Waals surface area contributed by atoms with Crippen molar-refractivity contribution in [3.05, 3.63) is 53.9 Å². The molecule has 20 heavy (non-hydrogen) atoms. The number of anilines is 2. The summed E-state index contributed by atoms with van der Waals surface area (Å²) in [6.45, 7) is 4.29. The molecule has 0 aliphatic rings. The van der Waals surface area contributed by atoms with Gasteiger partial charge in [-0.25, -0.2) is 0 Å². The van der Waals surface area contributed by atoms with Crippen molar-refractivity contribution < 1.29 is 0 Å². The number of rotatable bonds is 5. The Labute approximate surface area is 121 Å². The summed E-state index contributed by atoms with van der Waals surface area (Å²) >= 11 is 0. The molecule has 0 saturated carbocycles. The van der Waals surface area contributed by atoms with E-state index in [0.717, 1.165) is 17.8 Å².